The maximum atomic E-state index is 11.6. The van der Waals surface area contributed by atoms with Crippen LogP contribution in [0.4, 0.5) is 9.59 Å². The number of piperidine rings is 1. The lowest BCUT2D eigenvalue weighted by molar-refractivity contribution is -0.123. The molecule has 0 aliphatic carbocycles. The van der Waals surface area contributed by atoms with Crippen molar-refractivity contribution in [3.05, 3.63) is 0 Å². The summed E-state index contributed by atoms with van der Waals surface area (Å²) in [7, 11) is 0. The Hall–Kier alpha value is -1.99. The predicted octanol–water partition coefficient (Wildman–Crippen LogP) is 0.0358. The van der Waals surface area contributed by atoms with E-state index in [2.05, 4.69) is 16.0 Å². The van der Waals surface area contributed by atoms with Gasteiger partial charge in [-0.3, -0.25) is 4.79 Å². The summed E-state index contributed by atoms with van der Waals surface area (Å²) in [5, 5.41) is 16.0. The standard InChI is InChI=1S/C11H19N3O5/c1-11(2,3)19-10(18)14-7-5-12-8(15)4-6(7)13-9(16)17/h6-7,13H,4-5H2,1-3H3,(H,12,15)(H,14,18)(H,16,17)/t6-,7+/m0/s1. The molecule has 1 heterocycles. The Morgan fingerprint density at radius 3 is 2.47 bits per heavy atom. The van der Waals surface area contributed by atoms with E-state index in [1.807, 2.05) is 0 Å². The minimum absolute atomic E-state index is 0.0211. The van der Waals surface area contributed by atoms with Gasteiger partial charge in [0.15, 0.2) is 0 Å². The van der Waals surface area contributed by atoms with E-state index in [4.69, 9.17) is 9.84 Å². The van der Waals surface area contributed by atoms with Crippen LogP contribution in [0.25, 0.3) is 0 Å². The van der Waals surface area contributed by atoms with Crippen LogP contribution in [0, 0.1) is 0 Å². The highest BCUT2D eigenvalue weighted by Gasteiger charge is 2.32. The Balaban J connectivity index is 2.60. The van der Waals surface area contributed by atoms with Gasteiger partial charge in [0.05, 0.1) is 12.1 Å². The highest BCUT2D eigenvalue weighted by molar-refractivity contribution is 5.79. The van der Waals surface area contributed by atoms with Crippen molar-refractivity contribution >= 4 is 18.1 Å². The Morgan fingerprint density at radius 2 is 1.95 bits per heavy atom. The molecule has 1 fully saturated rings. The fraction of sp³-hybridized carbons (Fsp3) is 0.727. The highest BCUT2D eigenvalue weighted by atomic mass is 16.6. The average Bonchev–Trinajstić information content (AvgIpc) is 2.18. The normalized spacial score (nSPS) is 23.2. The molecule has 0 radical (unpaired) electrons. The maximum absolute atomic E-state index is 11.6. The monoisotopic (exact) mass is 273 g/mol. The van der Waals surface area contributed by atoms with Gasteiger partial charge in [0.1, 0.15) is 5.60 Å². The molecular weight excluding hydrogens is 254 g/mol. The van der Waals surface area contributed by atoms with Crippen molar-refractivity contribution in [1.29, 1.82) is 0 Å². The zero-order valence-corrected chi connectivity index (χ0v) is 11.1. The highest BCUT2D eigenvalue weighted by Crippen LogP contribution is 2.09. The van der Waals surface area contributed by atoms with Gasteiger partial charge in [0.25, 0.3) is 0 Å². The van der Waals surface area contributed by atoms with Gasteiger partial charge in [-0.15, -0.1) is 0 Å². The number of carbonyl (C=O) groups excluding carboxylic acids is 2. The zero-order valence-electron chi connectivity index (χ0n) is 11.1. The summed E-state index contributed by atoms with van der Waals surface area (Å²) in [4.78, 5) is 33.5. The molecule has 8 heteroatoms. The lowest BCUT2D eigenvalue weighted by Crippen LogP contribution is -2.61. The SMILES string of the molecule is CC(C)(C)OC(=O)N[C@@H]1CNC(=O)C[C@@H]1NC(=O)O. The molecule has 0 aromatic heterocycles. The van der Waals surface area contributed by atoms with Gasteiger partial charge >= 0.3 is 12.2 Å². The minimum atomic E-state index is -1.24. The molecular formula is C11H19N3O5. The Labute approximate surface area is 110 Å². The van der Waals surface area contributed by atoms with E-state index in [0.29, 0.717) is 0 Å². The molecule has 0 aromatic rings. The van der Waals surface area contributed by atoms with Gasteiger partial charge in [-0.1, -0.05) is 0 Å². The molecule has 3 amide bonds. The second-order valence-electron chi connectivity index (χ2n) is 5.32. The fourth-order valence-corrected chi connectivity index (χ4v) is 1.70. The lowest BCUT2D eigenvalue weighted by Gasteiger charge is -2.32. The molecule has 1 saturated heterocycles. The van der Waals surface area contributed by atoms with E-state index >= 15 is 0 Å². The summed E-state index contributed by atoms with van der Waals surface area (Å²) < 4.78 is 5.08. The van der Waals surface area contributed by atoms with Crippen LogP contribution in [0.3, 0.4) is 0 Å². The molecule has 19 heavy (non-hydrogen) atoms. The summed E-state index contributed by atoms with van der Waals surface area (Å²) in [6.07, 6.45) is -1.91. The van der Waals surface area contributed by atoms with Crippen LogP contribution in [0.2, 0.25) is 0 Å². The predicted molar refractivity (Wildman–Crippen MR) is 65.7 cm³/mol. The van der Waals surface area contributed by atoms with Crippen LogP contribution in [0.15, 0.2) is 0 Å². The lowest BCUT2D eigenvalue weighted by atomic mass is 10.0. The molecule has 1 aliphatic heterocycles. The van der Waals surface area contributed by atoms with E-state index in [-0.39, 0.29) is 18.9 Å². The Bertz CT molecular complexity index is 375. The number of carboxylic acid groups (broad SMARTS) is 1. The van der Waals surface area contributed by atoms with Crippen LogP contribution >= 0.6 is 0 Å². The van der Waals surface area contributed by atoms with Gasteiger partial charge in [-0.25, -0.2) is 9.59 Å². The van der Waals surface area contributed by atoms with Crippen LogP contribution in [0.5, 0.6) is 0 Å². The van der Waals surface area contributed by atoms with Gasteiger partial charge in [0, 0.05) is 13.0 Å². The second-order valence-corrected chi connectivity index (χ2v) is 5.32. The summed E-state index contributed by atoms with van der Waals surface area (Å²) in [5.41, 5.74) is -0.641. The van der Waals surface area contributed by atoms with E-state index in [1.54, 1.807) is 20.8 Å². The number of ether oxygens (including phenoxy) is 1. The van der Waals surface area contributed by atoms with Crippen molar-refractivity contribution in [1.82, 2.24) is 16.0 Å². The van der Waals surface area contributed by atoms with Gasteiger partial charge in [0.2, 0.25) is 5.91 Å². The summed E-state index contributed by atoms with van der Waals surface area (Å²) in [6, 6.07) is -1.21. The number of nitrogens with one attached hydrogen (secondary N) is 3. The third-order valence-corrected chi connectivity index (χ3v) is 2.42. The molecule has 1 aliphatic rings. The first-order chi connectivity index (χ1) is 8.67. The molecule has 0 spiro atoms. The molecule has 0 aromatic carbocycles. The first-order valence-electron chi connectivity index (χ1n) is 5.93. The van der Waals surface area contributed by atoms with Crippen molar-refractivity contribution in [2.75, 3.05) is 6.54 Å². The van der Waals surface area contributed by atoms with Crippen molar-refractivity contribution in [3.63, 3.8) is 0 Å². The number of alkyl carbamates (subject to hydrolysis) is 1. The Morgan fingerprint density at radius 1 is 1.32 bits per heavy atom. The smallest absolute Gasteiger partial charge is 0.408 e. The second kappa shape index (κ2) is 5.77. The molecule has 0 saturated carbocycles. The number of hydrogen-bond donors (Lipinski definition) is 4. The number of amides is 3. The molecule has 4 N–H and O–H groups in total. The van der Waals surface area contributed by atoms with E-state index in [1.165, 1.54) is 0 Å². The van der Waals surface area contributed by atoms with Crippen molar-refractivity contribution in [2.45, 2.75) is 44.9 Å². The Kier molecular flexibility index (Phi) is 4.57. The summed E-state index contributed by atoms with van der Waals surface area (Å²) in [5.74, 6) is -0.263. The van der Waals surface area contributed by atoms with Crippen LogP contribution < -0.4 is 16.0 Å². The van der Waals surface area contributed by atoms with Crippen molar-refractivity contribution in [3.8, 4) is 0 Å². The molecule has 108 valence electrons. The van der Waals surface area contributed by atoms with Gasteiger partial charge < -0.3 is 25.8 Å². The average molecular weight is 273 g/mol. The maximum Gasteiger partial charge on any atom is 0.408 e. The number of hydrogen-bond acceptors (Lipinski definition) is 4. The van der Waals surface area contributed by atoms with Gasteiger partial charge in [-0.05, 0) is 20.8 Å². The van der Waals surface area contributed by atoms with Gasteiger partial charge in [-0.2, -0.15) is 0 Å². The van der Waals surface area contributed by atoms with Crippen molar-refractivity contribution in [2.24, 2.45) is 0 Å². The molecule has 8 nitrogen and oxygen atoms in total. The first kappa shape index (κ1) is 15.1. The summed E-state index contributed by atoms with van der Waals surface area (Å²) in [6.45, 7) is 5.33. The van der Waals surface area contributed by atoms with Crippen molar-refractivity contribution < 1.29 is 24.2 Å². The molecule has 2 atom stereocenters. The molecule has 0 unspecified atom stereocenters. The molecule has 1 rings (SSSR count). The first-order valence-corrected chi connectivity index (χ1v) is 5.93. The van der Waals surface area contributed by atoms with E-state index < -0.39 is 29.9 Å². The zero-order chi connectivity index (χ0) is 14.6. The van der Waals surface area contributed by atoms with Crippen LogP contribution in [-0.4, -0.2) is 47.4 Å². The summed E-state index contributed by atoms with van der Waals surface area (Å²) >= 11 is 0. The number of rotatable bonds is 2. The van der Waals surface area contributed by atoms with E-state index in [9.17, 15) is 14.4 Å². The molecule has 0 bridgehead atoms. The largest absolute Gasteiger partial charge is 0.465 e. The third kappa shape index (κ3) is 5.45. The topological polar surface area (TPSA) is 117 Å². The fourth-order valence-electron chi connectivity index (χ4n) is 1.70. The van der Waals surface area contributed by atoms with E-state index in [0.717, 1.165) is 0 Å². The van der Waals surface area contributed by atoms with Crippen LogP contribution in [-0.2, 0) is 9.53 Å². The minimum Gasteiger partial charge on any atom is -0.465 e. The number of carbonyl (C=O) groups is 3. The van der Waals surface area contributed by atoms with Crippen LogP contribution in [0.1, 0.15) is 27.2 Å². The quantitative estimate of drug-likeness (QED) is 0.566. The third-order valence-electron chi connectivity index (χ3n) is 2.42.